The maximum atomic E-state index is 12.8. The zero-order chi connectivity index (χ0) is 14.9. The topological polar surface area (TPSA) is 63.4 Å². The Labute approximate surface area is 129 Å². The molecule has 0 aromatic heterocycles. The first-order valence-electron chi connectivity index (χ1n) is 6.64. The fourth-order valence-electron chi connectivity index (χ4n) is 2.79. The number of hydrogen-bond acceptors (Lipinski definition) is 3. The van der Waals surface area contributed by atoms with Crippen LogP contribution in [0.1, 0.15) is 32.6 Å². The molecule has 0 heterocycles. The minimum absolute atomic E-state index is 0.0303. The van der Waals surface area contributed by atoms with Gasteiger partial charge in [-0.2, -0.15) is 4.31 Å². The standard InChI is InChI=1S/C13H18Cl2N2O2S/c1-2-17(10-5-3-4-6-10)20(18,19)13-11(15)7-9(14)8-12(13)16/h7-8,10H,2-6,16H2,1H3. The van der Waals surface area contributed by atoms with E-state index in [1.165, 1.54) is 16.4 Å². The van der Waals surface area contributed by atoms with Gasteiger partial charge in [0.15, 0.2) is 0 Å². The Hall–Kier alpha value is -0.490. The molecule has 4 nitrogen and oxygen atoms in total. The zero-order valence-electron chi connectivity index (χ0n) is 11.3. The van der Waals surface area contributed by atoms with E-state index in [-0.39, 0.29) is 21.6 Å². The van der Waals surface area contributed by atoms with E-state index in [9.17, 15) is 8.42 Å². The van der Waals surface area contributed by atoms with Crippen LogP contribution in [-0.4, -0.2) is 25.3 Å². The molecule has 1 fully saturated rings. The van der Waals surface area contributed by atoms with Crippen molar-refractivity contribution in [2.24, 2.45) is 0 Å². The summed E-state index contributed by atoms with van der Waals surface area (Å²) >= 11 is 11.9. The highest BCUT2D eigenvalue weighted by Crippen LogP contribution is 2.36. The lowest BCUT2D eigenvalue weighted by Gasteiger charge is -2.27. The van der Waals surface area contributed by atoms with Crippen LogP contribution in [0.2, 0.25) is 10.0 Å². The number of rotatable bonds is 4. The predicted octanol–water partition coefficient (Wildman–Crippen LogP) is 3.53. The zero-order valence-corrected chi connectivity index (χ0v) is 13.6. The number of nitrogens with two attached hydrogens (primary N) is 1. The van der Waals surface area contributed by atoms with Crippen molar-refractivity contribution in [2.75, 3.05) is 12.3 Å². The van der Waals surface area contributed by atoms with Gasteiger partial charge < -0.3 is 5.73 Å². The largest absolute Gasteiger partial charge is 0.398 e. The summed E-state index contributed by atoms with van der Waals surface area (Å²) in [5, 5.41) is 0.404. The van der Waals surface area contributed by atoms with Crippen LogP contribution in [0.25, 0.3) is 0 Å². The minimum atomic E-state index is -3.69. The van der Waals surface area contributed by atoms with E-state index in [0.29, 0.717) is 11.6 Å². The lowest BCUT2D eigenvalue weighted by Crippen LogP contribution is -2.39. The van der Waals surface area contributed by atoms with Gasteiger partial charge in [-0.15, -0.1) is 0 Å². The second-order valence-electron chi connectivity index (χ2n) is 4.95. The molecule has 0 saturated heterocycles. The number of halogens is 2. The molecule has 7 heteroatoms. The molecule has 1 aliphatic rings. The van der Waals surface area contributed by atoms with Crippen LogP contribution < -0.4 is 5.73 Å². The molecule has 1 saturated carbocycles. The average Bonchev–Trinajstić information content (AvgIpc) is 2.80. The van der Waals surface area contributed by atoms with E-state index < -0.39 is 10.0 Å². The second kappa shape index (κ2) is 6.10. The van der Waals surface area contributed by atoms with Crippen LogP contribution in [0.3, 0.4) is 0 Å². The molecule has 0 amide bonds. The van der Waals surface area contributed by atoms with Gasteiger partial charge in [-0.3, -0.25) is 0 Å². The summed E-state index contributed by atoms with van der Waals surface area (Å²) < 4.78 is 27.1. The smallest absolute Gasteiger partial charge is 0.246 e. The third-order valence-corrected chi connectivity index (χ3v) is 6.42. The van der Waals surface area contributed by atoms with E-state index >= 15 is 0 Å². The third-order valence-electron chi connectivity index (χ3n) is 3.65. The number of nitrogens with zero attached hydrogens (tertiary/aromatic N) is 1. The Kier molecular flexibility index (Phi) is 4.84. The summed E-state index contributed by atoms with van der Waals surface area (Å²) in [5.41, 5.74) is 5.92. The number of anilines is 1. The van der Waals surface area contributed by atoms with Crippen molar-refractivity contribution in [3.63, 3.8) is 0 Å². The molecule has 0 spiro atoms. The summed E-state index contributed by atoms with van der Waals surface area (Å²) in [6, 6.07) is 2.87. The van der Waals surface area contributed by atoms with Crippen molar-refractivity contribution >= 4 is 38.9 Å². The molecule has 2 rings (SSSR count). The van der Waals surface area contributed by atoms with E-state index in [1.54, 1.807) is 0 Å². The normalized spacial score (nSPS) is 17.0. The van der Waals surface area contributed by atoms with E-state index in [0.717, 1.165) is 25.7 Å². The number of benzene rings is 1. The van der Waals surface area contributed by atoms with Gasteiger partial charge in [-0.25, -0.2) is 8.42 Å². The molecule has 0 radical (unpaired) electrons. The van der Waals surface area contributed by atoms with Crippen LogP contribution >= 0.6 is 23.2 Å². The lowest BCUT2D eigenvalue weighted by molar-refractivity contribution is 0.335. The molecule has 0 bridgehead atoms. The van der Waals surface area contributed by atoms with Crippen LogP contribution in [-0.2, 0) is 10.0 Å². The maximum Gasteiger partial charge on any atom is 0.246 e. The highest BCUT2D eigenvalue weighted by Gasteiger charge is 2.34. The van der Waals surface area contributed by atoms with Gasteiger partial charge >= 0.3 is 0 Å². The quantitative estimate of drug-likeness (QED) is 0.855. The Morgan fingerprint density at radius 1 is 1.30 bits per heavy atom. The van der Waals surface area contributed by atoms with E-state index in [4.69, 9.17) is 28.9 Å². The Morgan fingerprint density at radius 2 is 1.90 bits per heavy atom. The molecule has 112 valence electrons. The molecule has 0 aliphatic heterocycles. The molecular weight excluding hydrogens is 319 g/mol. The summed E-state index contributed by atoms with van der Waals surface area (Å²) in [7, 11) is -3.69. The van der Waals surface area contributed by atoms with Gasteiger partial charge in [0.1, 0.15) is 4.90 Å². The van der Waals surface area contributed by atoms with Crippen LogP contribution in [0.5, 0.6) is 0 Å². The Balaban J connectivity index is 2.48. The van der Waals surface area contributed by atoms with E-state index in [2.05, 4.69) is 0 Å². The summed E-state index contributed by atoms with van der Waals surface area (Å²) in [5.74, 6) is 0. The predicted molar refractivity (Wildman–Crippen MR) is 82.7 cm³/mol. The van der Waals surface area contributed by atoms with Crippen LogP contribution in [0.4, 0.5) is 5.69 Å². The number of sulfonamides is 1. The van der Waals surface area contributed by atoms with E-state index in [1.807, 2.05) is 6.92 Å². The molecule has 20 heavy (non-hydrogen) atoms. The average molecular weight is 337 g/mol. The highest BCUT2D eigenvalue weighted by molar-refractivity contribution is 7.89. The minimum Gasteiger partial charge on any atom is -0.398 e. The number of hydrogen-bond donors (Lipinski definition) is 1. The molecule has 2 N–H and O–H groups in total. The van der Waals surface area contributed by atoms with Gasteiger partial charge in [0.2, 0.25) is 10.0 Å². The lowest BCUT2D eigenvalue weighted by atomic mass is 10.2. The van der Waals surface area contributed by atoms with Crippen molar-refractivity contribution in [3.05, 3.63) is 22.2 Å². The Bertz CT molecular complexity index is 575. The van der Waals surface area contributed by atoms with Crippen molar-refractivity contribution in [2.45, 2.75) is 43.5 Å². The van der Waals surface area contributed by atoms with Gasteiger partial charge in [-0.1, -0.05) is 43.0 Å². The number of nitrogen functional groups attached to an aromatic ring is 1. The summed E-state index contributed by atoms with van der Waals surface area (Å²) in [6.45, 7) is 2.24. The molecular formula is C13H18Cl2N2O2S. The van der Waals surface area contributed by atoms with Crippen molar-refractivity contribution in [1.82, 2.24) is 4.31 Å². The SMILES string of the molecule is CCN(C1CCCC1)S(=O)(=O)c1c(N)cc(Cl)cc1Cl. The Morgan fingerprint density at radius 3 is 2.40 bits per heavy atom. The third kappa shape index (κ3) is 2.91. The molecule has 0 atom stereocenters. The second-order valence-corrected chi connectivity index (χ2v) is 7.62. The van der Waals surface area contributed by atoms with Gasteiger partial charge in [0, 0.05) is 17.6 Å². The highest BCUT2D eigenvalue weighted by atomic mass is 35.5. The fourth-order valence-corrected chi connectivity index (χ4v) is 5.43. The first-order valence-corrected chi connectivity index (χ1v) is 8.84. The van der Waals surface area contributed by atoms with Gasteiger partial charge in [0.05, 0.1) is 10.7 Å². The summed E-state index contributed by atoms with van der Waals surface area (Å²) in [4.78, 5) is -0.0303. The first kappa shape index (κ1) is 15.9. The summed E-state index contributed by atoms with van der Waals surface area (Å²) in [6.07, 6.45) is 3.89. The van der Waals surface area contributed by atoms with Gasteiger partial charge in [0.25, 0.3) is 0 Å². The molecule has 1 aromatic carbocycles. The van der Waals surface area contributed by atoms with Gasteiger partial charge in [-0.05, 0) is 25.0 Å². The molecule has 0 unspecified atom stereocenters. The van der Waals surface area contributed by atoms with Crippen LogP contribution in [0.15, 0.2) is 17.0 Å². The first-order chi connectivity index (χ1) is 9.37. The molecule has 1 aromatic rings. The van der Waals surface area contributed by atoms with Crippen molar-refractivity contribution in [1.29, 1.82) is 0 Å². The van der Waals surface area contributed by atoms with Crippen molar-refractivity contribution < 1.29 is 8.42 Å². The maximum absolute atomic E-state index is 12.8. The van der Waals surface area contributed by atoms with Crippen LogP contribution in [0, 0.1) is 0 Å². The monoisotopic (exact) mass is 336 g/mol. The van der Waals surface area contributed by atoms with Crippen molar-refractivity contribution in [3.8, 4) is 0 Å². The molecule has 1 aliphatic carbocycles. The fraction of sp³-hybridized carbons (Fsp3) is 0.538.